The third-order valence-electron chi connectivity index (χ3n) is 3.56. The van der Waals surface area contributed by atoms with Gasteiger partial charge in [0.15, 0.2) is 5.82 Å². The second-order valence-corrected chi connectivity index (χ2v) is 6.12. The first-order valence-corrected chi connectivity index (χ1v) is 7.55. The van der Waals surface area contributed by atoms with Crippen molar-refractivity contribution in [2.24, 2.45) is 0 Å². The Morgan fingerprint density at radius 2 is 1.90 bits per heavy atom. The van der Waals surface area contributed by atoms with Crippen LogP contribution in [0, 0.1) is 0 Å². The molecule has 0 bridgehead atoms. The van der Waals surface area contributed by atoms with Gasteiger partial charge in [-0.05, 0) is 38.1 Å². The number of rotatable bonds is 3. The second-order valence-electron chi connectivity index (χ2n) is 5.69. The maximum absolute atomic E-state index is 5.88. The highest BCUT2D eigenvalue weighted by Gasteiger charge is 2.22. The molecule has 3 rings (SSSR count). The maximum atomic E-state index is 5.88. The smallest absolute Gasteiger partial charge is 0.257 e. The Morgan fingerprint density at radius 1 is 1.24 bits per heavy atom. The van der Waals surface area contributed by atoms with Gasteiger partial charge in [-0.2, -0.15) is 4.98 Å². The van der Waals surface area contributed by atoms with Gasteiger partial charge in [0.2, 0.25) is 0 Å². The number of aromatic nitrogens is 2. The second kappa shape index (κ2) is 6.13. The van der Waals surface area contributed by atoms with Crippen molar-refractivity contribution in [3.05, 3.63) is 35.1 Å². The largest absolute Gasteiger partial charge is 0.334 e. The van der Waals surface area contributed by atoms with E-state index in [-0.39, 0.29) is 0 Å². The van der Waals surface area contributed by atoms with Crippen molar-refractivity contribution in [3.8, 4) is 11.5 Å². The van der Waals surface area contributed by atoms with E-state index in [1.807, 2.05) is 24.3 Å². The van der Waals surface area contributed by atoms with Crippen molar-refractivity contribution < 1.29 is 4.52 Å². The number of halogens is 1. The zero-order valence-corrected chi connectivity index (χ0v) is 13.0. The van der Waals surface area contributed by atoms with Crippen LogP contribution in [-0.4, -0.2) is 40.2 Å². The lowest BCUT2D eigenvalue weighted by Crippen LogP contribution is -2.53. The van der Waals surface area contributed by atoms with Gasteiger partial charge in [-0.1, -0.05) is 16.8 Å². The quantitative estimate of drug-likeness (QED) is 0.944. The van der Waals surface area contributed by atoms with Crippen LogP contribution in [0.5, 0.6) is 0 Å². The molecule has 2 heterocycles. The van der Waals surface area contributed by atoms with Gasteiger partial charge in [-0.25, -0.2) is 0 Å². The van der Waals surface area contributed by atoms with E-state index >= 15 is 0 Å². The average Bonchev–Trinajstić information content (AvgIpc) is 2.87. The van der Waals surface area contributed by atoms with Crippen molar-refractivity contribution in [2.75, 3.05) is 13.1 Å². The van der Waals surface area contributed by atoms with Crippen LogP contribution in [-0.2, 0) is 6.54 Å². The van der Waals surface area contributed by atoms with E-state index in [1.54, 1.807) is 0 Å². The van der Waals surface area contributed by atoms with Gasteiger partial charge in [-0.3, -0.25) is 4.90 Å². The Bertz CT molecular complexity index is 588. The number of nitrogens with one attached hydrogen (secondary N) is 1. The molecule has 2 unspecified atom stereocenters. The van der Waals surface area contributed by atoms with Crippen LogP contribution < -0.4 is 5.32 Å². The minimum absolute atomic E-state index is 0.483. The highest BCUT2D eigenvalue weighted by molar-refractivity contribution is 6.30. The molecule has 1 fully saturated rings. The topological polar surface area (TPSA) is 54.2 Å². The highest BCUT2D eigenvalue weighted by atomic mass is 35.5. The first-order chi connectivity index (χ1) is 10.1. The summed E-state index contributed by atoms with van der Waals surface area (Å²) in [5.41, 5.74) is 0.889. The Kier molecular flexibility index (Phi) is 4.24. The fourth-order valence-corrected chi connectivity index (χ4v) is 2.92. The summed E-state index contributed by atoms with van der Waals surface area (Å²) in [4.78, 5) is 6.82. The fourth-order valence-electron chi connectivity index (χ4n) is 2.80. The zero-order chi connectivity index (χ0) is 14.8. The van der Waals surface area contributed by atoms with Gasteiger partial charge in [0.25, 0.3) is 5.89 Å². The SMILES string of the molecule is CC1CN(Cc2noc(-c3ccc(Cl)cc3)n2)CC(C)N1. The van der Waals surface area contributed by atoms with E-state index in [2.05, 4.69) is 34.2 Å². The van der Waals surface area contributed by atoms with Gasteiger partial charge in [-0.15, -0.1) is 0 Å². The van der Waals surface area contributed by atoms with Crippen LogP contribution in [0.1, 0.15) is 19.7 Å². The van der Waals surface area contributed by atoms with Crippen LogP contribution in [0.15, 0.2) is 28.8 Å². The van der Waals surface area contributed by atoms with E-state index in [9.17, 15) is 0 Å². The molecule has 5 nitrogen and oxygen atoms in total. The normalized spacial score (nSPS) is 23.4. The number of nitrogens with zero attached hydrogens (tertiary/aromatic N) is 3. The highest BCUT2D eigenvalue weighted by Crippen LogP contribution is 2.20. The monoisotopic (exact) mass is 306 g/mol. The van der Waals surface area contributed by atoms with Gasteiger partial charge in [0.05, 0.1) is 6.54 Å². The molecular weight excluding hydrogens is 288 g/mol. The zero-order valence-electron chi connectivity index (χ0n) is 12.2. The van der Waals surface area contributed by atoms with E-state index in [1.165, 1.54) is 0 Å². The third-order valence-corrected chi connectivity index (χ3v) is 3.81. The Balaban J connectivity index is 1.69. The lowest BCUT2D eigenvalue weighted by Gasteiger charge is -2.35. The number of hydrogen-bond donors (Lipinski definition) is 1. The summed E-state index contributed by atoms with van der Waals surface area (Å²) in [5.74, 6) is 1.26. The molecule has 2 atom stereocenters. The summed E-state index contributed by atoms with van der Waals surface area (Å²) >= 11 is 5.88. The van der Waals surface area contributed by atoms with Crippen LogP contribution >= 0.6 is 11.6 Å². The molecule has 1 aromatic heterocycles. The molecule has 112 valence electrons. The Hall–Kier alpha value is -1.43. The Labute approximate surface area is 129 Å². The number of benzene rings is 1. The van der Waals surface area contributed by atoms with Crippen molar-refractivity contribution >= 4 is 11.6 Å². The van der Waals surface area contributed by atoms with Crippen molar-refractivity contribution in [2.45, 2.75) is 32.5 Å². The maximum Gasteiger partial charge on any atom is 0.257 e. The van der Waals surface area contributed by atoms with Crippen molar-refractivity contribution in [1.29, 1.82) is 0 Å². The van der Waals surface area contributed by atoms with Gasteiger partial charge >= 0.3 is 0 Å². The van der Waals surface area contributed by atoms with Crippen LogP contribution in [0.2, 0.25) is 5.02 Å². The summed E-state index contributed by atoms with van der Waals surface area (Å²) in [6, 6.07) is 8.37. The molecule has 1 aliphatic heterocycles. The summed E-state index contributed by atoms with van der Waals surface area (Å²) in [6.45, 7) is 7.09. The molecule has 21 heavy (non-hydrogen) atoms. The molecule has 0 saturated carbocycles. The molecule has 6 heteroatoms. The molecule has 1 saturated heterocycles. The molecule has 0 radical (unpaired) electrons. The number of hydrogen-bond acceptors (Lipinski definition) is 5. The molecule has 1 aliphatic rings. The first-order valence-electron chi connectivity index (χ1n) is 7.17. The summed E-state index contributed by atoms with van der Waals surface area (Å²) in [7, 11) is 0. The third kappa shape index (κ3) is 3.61. The Morgan fingerprint density at radius 3 is 2.57 bits per heavy atom. The standard InChI is InChI=1S/C15H19ClN4O/c1-10-7-20(8-11(2)17-10)9-14-18-15(21-19-14)12-3-5-13(16)6-4-12/h3-6,10-11,17H,7-9H2,1-2H3. The summed E-state index contributed by atoms with van der Waals surface area (Å²) in [6.07, 6.45) is 0. The van der Waals surface area contributed by atoms with Gasteiger partial charge in [0.1, 0.15) is 0 Å². The number of piperazine rings is 1. The average molecular weight is 307 g/mol. The van der Waals surface area contributed by atoms with E-state index < -0.39 is 0 Å². The summed E-state index contributed by atoms with van der Waals surface area (Å²) < 4.78 is 5.34. The van der Waals surface area contributed by atoms with E-state index in [0.29, 0.717) is 29.5 Å². The summed E-state index contributed by atoms with van der Waals surface area (Å²) in [5, 5.41) is 8.29. The lowest BCUT2D eigenvalue weighted by molar-refractivity contribution is 0.161. The van der Waals surface area contributed by atoms with E-state index in [0.717, 1.165) is 24.5 Å². The van der Waals surface area contributed by atoms with Crippen molar-refractivity contribution in [1.82, 2.24) is 20.4 Å². The molecule has 1 aromatic carbocycles. The van der Waals surface area contributed by atoms with Crippen LogP contribution in [0.4, 0.5) is 0 Å². The van der Waals surface area contributed by atoms with E-state index in [4.69, 9.17) is 16.1 Å². The van der Waals surface area contributed by atoms with Crippen LogP contribution in [0.25, 0.3) is 11.5 Å². The predicted molar refractivity (Wildman–Crippen MR) is 82.1 cm³/mol. The molecule has 0 spiro atoms. The molecular formula is C15H19ClN4O. The lowest BCUT2D eigenvalue weighted by atomic mass is 10.1. The first kappa shape index (κ1) is 14.5. The predicted octanol–water partition coefficient (Wildman–Crippen LogP) is 2.57. The van der Waals surface area contributed by atoms with Gasteiger partial charge in [0, 0.05) is 35.8 Å². The fraction of sp³-hybridized carbons (Fsp3) is 0.467. The minimum Gasteiger partial charge on any atom is -0.334 e. The van der Waals surface area contributed by atoms with Crippen LogP contribution in [0.3, 0.4) is 0 Å². The van der Waals surface area contributed by atoms with Crippen molar-refractivity contribution in [3.63, 3.8) is 0 Å². The van der Waals surface area contributed by atoms with Gasteiger partial charge < -0.3 is 9.84 Å². The molecule has 2 aromatic rings. The molecule has 0 amide bonds. The molecule has 0 aliphatic carbocycles. The molecule has 1 N–H and O–H groups in total. The minimum atomic E-state index is 0.483.